The molecule has 5 nitrogen and oxygen atoms in total. The lowest BCUT2D eigenvalue weighted by atomic mass is 9.98. The Balaban J connectivity index is 2.19. The first-order valence-electron chi connectivity index (χ1n) is 7.44. The molecule has 0 aliphatic heterocycles. The molecule has 3 aromatic rings. The number of hydrogen-bond donors (Lipinski definition) is 2. The molecule has 0 aliphatic rings. The van der Waals surface area contributed by atoms with Crippen LogP contribution >= 0.6 is 0 Å². The van der Waals surface area contributed by atoms with E-state index in [4.69, 9.17) is 9.56 Å². The van der Waals surface area contributed by atoms with Crippen molar-refractivity contribution in [3.8, 4) is 22.5 Å². The summed E-state index contributed by atoms with van der Waals surface area (Å²) in [5, 5.41) is 8.54. The number of benzene rings is 2. The van der Waals surface area contributed by atoms with E-state index < -0.39 is 10.0 Å². The Kier molecular flexibility index (Phi) is 4.53. The fraction of sp³-hybridized carbons (Fsp3) is 0.111. The van der Waals surface area contributed by atoms with Crippen molar-refractivity contribution in [2.24, 2.45) is 5.14 Å². The van der Waals surface area contributed by atoms with Crippen LogP contribution in [0, 0.1) is 0 Å². The fourth-order valence-electron chi connectivity index (χ4n) is 2.71. The Morgan fingerprint density at radius 3 is 2.50 bits per heavy atom. The first-order valence-corrected chi connectivity index (χ1v) is 8.99. The second-order valence-corrected chi connectivity index (χ2v) is 6.95. The summed E-state index contributed by atoms with van der Waals surface area (Å²) in [7, 11) is -2.02. The van der Waals surface area contributed by atoms with Crippen molar-refractivity contribution in [2.45, 2.75) is 11.4 Å². The van der Waals surface area contributed by atoms with E-state index in [0.717, 1.165) is 16.7 Å². The lowest BCUT2D eigenvalue weighted by molar-refractivity contribution is 0.577. The van der Waals surface area contributed by atoms with Gasteiger partial charge in [0.05, 0.1) is 11.2 Å². The van der Waals surface area contributed by atoms with E-state index in [1.54, 1.807) is 24.3 Å². The summed E-state index contributed by atoms with van der Waals surface area (Å²) >= 11 is 0. The van der Waals surface area contributed by atoms with Crippen LogP contribution in [0.2, 0.25) is 0 Å². The van der Waals surface area contributed by atoms with Gasteiger partial charge < -0.3 is 9.73 Å². The van der Waals surface area contributed by atoms with Crippen LogP contribution in [-0.2, 0) is 16.6 Å². The second kappa shape index (κ2) is 6.60. The predicted octanol–water partition coefficient (Wildman–Crippen LogP) is 2.98. The van der Waals surface area contributed by atoms with Crippen molar-refractivity contribution < 1.29 is 12.8 Å². The molecule has 3 N–H and O–H groups in total. The van der Waals surface area contributed by atoms with E-state index in [-0.39, 0.29) is 4.90 Å². The van der Waals surface area contributed by atoms with Gasteiger partial charge in [-0.05, 0) is 48.0 Å². The van der Waals surface area contributed by atoms with Gasteiger partial charge in [0.2, 0.25) is 10.0 Å². The molecular weight excluding hydrogens is 324 g/mol. The fourth-order valence-corrected chi connectivity index (χ4v) is 3.47. The SMILES string of the molecule is CNCc1ccccc1-c1ccc(-c2ccco2)c(S(N)(=O)=O)c1. The monoisotopic (exact) mass is 342 g/mol. The summed E-state index contributed by atoms with van der Waals surface area (Å²) in [5.74, 6) is 0.467. The lowest BCUT2D eigenvalue weighted by Crippen LogP contribution is -2.13. The van der Waals surface area contributed by atoms with Gasteiger partial charge in [0.1, 0.15) is 5.76 Å². The van der Waals surface area contributed by atoms with Crippen LogP contribution in [-0.4, -0.2) is 15.5 Å². The molecule has 0 spiro atoms. The van der Waals surface area contributed by atoms with E-state index in [1.165, 1.54) is 6.26 Å². The molecule has 0 atom stereocenters. The summed E-state index contributed by atoms with van der Waals surface area (Å²) < 4.78 is 29.5. The van der Waals surface area contributed by atoms with Gasteiger partial charge in [0, 0.05) is 12.1 Å². The maximum Gasteiger partial charge on any atom is 0.238 e. The third-order valence-corrected chi connectivity index (χ3v) is 4.72. The molecule has 0 saturated heterocycles. The second-order valence-electron chi connectivity index (χ2n) is 5.42. The standard InChI is InChI=1S/C18H18N2O3S/c1-20-12-14-5-2-3-6-15(14)13-8-9-16(17-7-4-10-23-17)18(11-13)24(19,21)22/h2-11,20H,12H2,1H3,(H2,19,21,22). The number of furan rings is 1. The number of hydrogen-bond acceptors (Lipinski definition) is 4. The molecule has 124 valence electrons. The first-order chi connectivity index (χ1) is 11.5. The zero-order valence-corrected chi connectivity index (χ0v) is 14.0. The molecule has 24 heavy (non-hydrogen) atoms. The molecule has 1 aromatic heterocycles. The van der Waals surface area contributed by atoms with Gasteiger partial charge in [-0.15, -0.1) is 0 Å². The van der Waals surface area contributed by atoms with E-state index >= 15 is 0 Å². The van der Waals surface area contributed by atoms with Gasteiger partial charge in [-0.3, -0.25) is 0 Å². The number of nitrogens with two attached hydrogens (primary N) is 1. The van der Waals surface area contributed by atoms with Gasteiger partial charge in [-0.1, -0.05) is 30.3 Å². The van der Waals surface area contributed by atoms with Crippen LogP contribution in [0.5, 0.6) is 0 Å². The average Bonchev–Trinajstić information content (AvgIpc) is 3.09. The average molecular weight is 342 g/mol. The molecule has 0 amide bonds. The van der Waals surface area contributed by atoms with Crippen molar-refractivity contribution in [3.05, 3.63) is 66.4 Å². The smallest absolute Gasteiger partial charge is 0.238 e. The highest BCUT2D eigenvalue weighted by Gasteiger charge is 2.18. The largest absolute Gasteiger partial charge is 0.464 e. The maximum atomic E-state index is 12.1. The minimum atomic E-state index is -3.89. The van der Waals surface area contributed by atoms with Crippen LogP contribution in [0.1, 0.15) is 5.56 Å². The van der Waals surface area contributed by atoms with E-state index in [9.17, 15) is 8.42 Å². The molecular formula is C18H18N2O3S. The van der Waals surface area contributed by atoms with Crippen LogP contribution in [0.3, 0.4) is 0 Å². The topological polar surface area (TPSA) is 85.3 Å². The highest BCUT2D eigenvalue weighted by molar-refractivity contribution is 7.89. The third kappa shape index (κ3) is 3.26. The molecule has 2 aromatic carbocycles. The lowest BCUT2D eigenvalue weighted by Gasteiger charge is -2.12. The minimum absolute atomic E-state index is 0.0502. The Morgan fingerprint density at radius 2 is 1.83 bits per heavy atom. The van der Waals surface area contributed by atoms with E-state index in [1.807, 2.05) is 37.4 Å². The number of rotatable bonds is 5. The van der Waals surface area contributed by atoms with Gasteiger partial charge >= 0.3 is 0 Å². The van der Waals surface area contributed by atoms with Gasteiger partial charge in [0.15, 0.2) is 0 Å². The molecule has 0 radical (unpaired) electrons. The summed E-state index contributed by atoms with van der Waals surface area (Å²) in [6.45, 7) is 0.681. The quantitative estimate of drug-likeness (QED) is 0.746. The molecule has 0 saturated carbocycles. The molecule has 1 heterocycles. The summed E-state index contributed by atoms with van der Waals surface area (Å²) in [5.41, 5.74) is 3.28. The Morgan fingerprint density at radius 1 is 1.04 bits per heavy atom. The van der Waals surface area contributed by atoms with Crippen molar-refractivity contribution in [1.29, 1.82) is 0 Å². The molecule has 0 aliphatic carbocycles. The van der Waals surface area contributed by atoms with Gasteiger partial charge in [-0.25, -0.2) is 13.6 Å². The predicted molar refractivity (Wildman–Crippen MR) is 93.7 cm³/mol. The molecule has 6 heteroatoms. The number of sulfonamides is 1. The van der Waals surface area contributed by atoms with Gasteiger partial charge in [-0.2, -0.15) is 0 Å². The van der Waals surface area contributed by atoms with Crippen LogP contribution < -0.4 is 10.5 Å². The normalized spacial score (nSPS) is 11.6. The van der Waals surface area contributed by atoms with Crippen LogP contribution in [0.25, 0.3) is 22.5 Å². The van der Waals surface area contributed by atoms with E-state index in [0.29, 0.717) is 17.9 Å². The van der Waals surface area contributed by atoms with Crippen LogP contribution in [0.15, 0.2) is 70.2 Å². The van der Waals surface area contributed by atoms with Crippen molar-refractivity contribution in [3.63, 3.8) is 0 Å². The Labute approximate surface area is 141 Å². The highest BCUT2D eigenvalue weighted by Crippen LogP contribution is 2.32. The zero-order chi connectivity index (χ0) is 17.2. The Bertz CT molecular complexity index is 948. The van der Waals surface area contributed by atoms with Crippen molar-refractivity contribution in [1.82, 2.24) is 5.32 Å². The number of primary sulfonamides is 1. The van der Waals surface area contributed by atoms with Crippen molar-refractivity contribution >= 4 is 10.0 Å². The minimum Gasteiger partial charge on any atom is -0.464 e. The molecule has 0 unspecified atom stereocenters. The summed E-state index contributed by atoms with van der Waals surface area (Å²) in [6.07, 6.45) is 1.50. The molecule has 0 bridgehead atoms. The molecule has 0 fully saturated rings. The molecule has 3 rings (SSSR count). The van der Waals surface area contributed by atoms with Crippen molar-refractivity contribution in [2.75, 3.05) is 7.05 Å². The van der Waals surface area contributed by atoms with Crippen LogP contribution in [0.4, 0.5) is 0 Å². The summed E-state index contributed by atoms with van der Waals surface area (Å²) in [6, 6.07) is 16.5. The number of nitrogens with one attached hydrogen (secondary N) is 1. The third-order valence-electron chi connectivity index (χ3n) is 3.77. The zero-order valence-electron chi connectivity index (χ0n) is 13.2. The highest BCUT2D eigenvalue weighted by atomic mass is 32.2. The van der Waals surface area contributed by atoms with E-state index in [2.05, 4.69) is 5.32 Å². The first kappa shape index (κ1) is 16.4. The maximum absolute atomic E-state index is 12.1. The summed E-state index contributed by atoms with van der Waals surface area (Å²) in [4.78, 5) is 0.0502. The van der Waals surface area contributed by atoms with Gasteiger partial charge in [0.25, 0.3) is 0 Å². The Hall–Kier alpha value is -2.41.